The van der Waals surface area contributed by atoms with Crippen molar-refractivity contribution in [2.45, 2.75) is 6.54 Å². The van der Waals surface area contributed by atoms with E-state index in [1.807, 2.05) is 24.3 Å². The van der Waals surface area contributed by atoms with Gasteiger partial charge < -0.3 is 11.5 Å². The summed E-state index contributed by atoms with van der Waals surface area (Å²) in [5.74, 6) is -0.370. The van der Waals surface area contributed by atoms with Gasteiger partial charge in [0.1, 0.15) is 0 Å². The smallest absolute Gasteiger partial charge is 0.196 e. The molecule has 4 rings (SSSR count). The molecule has 0 amide bonds. The highest BCUT2D eigenvalue weighted by atomic mass is 16.1. The van der Waals surface area contributed by atoms with Crippen LogP contribution in [-0.4, -0.2) is 11.6 Å². The molecule has 25 heavy (non-hydrogen) atoms. The maximum Gasteiger partial charge on any atom is 0.196 e. The average Bonchev–Trinajstić information content (AvgIpc) is 2.66. The summed E-state index contributed by atoms with van der Waals surface area (Å²) in [5.41, 5.74) is 16.4. The molecule has 0 unspecified atom stereocenters. The molecule has 0 atom stereocenters. The number of carbonyl (C=O) groups is 2. The van der Waals surface area contributed by atoms with Gasteiger partial charge in [0.15, 0.2) is 11.6 Å². The molecular weight excluding hydrogens is 312 g/mol. The number of hydrogen-bond donors (Lipinski definition) is 2. The van der Waals surface area contributed by atoms with Crippen molar-refractivity contribution in [3.63, 3.8) is 0 Å². The Labute approximate surface area is 145 Å². The Kier molecular flexibility index (Phi) is 3.48. The highest BCUT2D eigenvalue weighted by molar-refractivity contribution is 6.30. The molecule has 1 aliphatic rings. The number of nitrogens with two attached hydrogens (primary N) is 2. The summed E-state index contributed by atoms with van der Waals surface area (Å²) >= 11 is 0. The van der Waals surface area contributed by atoms with Crippen LogP contribution in [0.1, 0.15) is 37.4 Å². The molecule has 0 saturated heterocycles. The second-order valence-electron chi connectivity index (χ2n) is 6.05. The van der Waals surface area contributed by atoms with E-state index in [9.17, 15) is 9.59 Å². The van der Waals surface area contributed by atoms with Crippen LogP contribution >= 0.6 is 0 Å². The van der Waals surface area contributed by atoms with Crippen LogP contribution in [-0.2, 0) is 6.54 Å². The van der Waals surface area contributed by atoms with Crippen molar-refractivity contribution >= 4 is 17.3 Å². The normalized spacial score (nSPS) is 12.7. The minimum atomic E-state index is -0.205. The Morgan fingerprint density at radius 1 is 0.680 bits per heavy atom. The van der Waals surface area contributed by atoms with Crippen LogP contribution in [0.25, 0.3) is 11.1 Å². The predicted octanol–water partition coefficient (Wildman–Crippen LogP) is 3.17. The van der Waals surface area contributed by atoms with Crippen LogP contribution in [0, 0.1) is 0 Å². The third-order valence-electron chi connectivity index (χ3n) is 4.63. The summed E-state index contributed by atoms with van der Waals surface area (Å²) in [7, 11) is 0. The molecular formula is C21H16N2O2. The van der Waals surface area contributed by atoms with Crippen molar-refractivity contribution in [2.24, 2.45) is 5.73 Å². The van der Waals surface area contributed by atoms with Crippen molar-refractivity contribution in [3.05, 3.63) is 88.5 Å². The first kappa shape index (κ1) is 15.3. The third-order valence-corrected chi connectivity index (χ3v) is 4.63. The van der Waals surface area contributed by atoms with Crippen LogP contribution in [0.3, 0.4) is 0 Å². The topological polar surface area (TPSA) is 86.2 Å². The van der Waals surface area contributed by atoms with Gasteiger partial charge in [0, 0.05) is 28.8 Å². The molecule has 4 heteroatoms. The van der Waals surface area contributed by atoms with Crippen LogP contribution in [0.5, 0.6) is 0 Å². The Morgan fingerprint density at radius 2 is 1.28 bits per heavy atom. The monoisotopic (exact) mass is 328 g/mol. The summed E-state index contributed by atoms with van der Waals surface area (Å²) < 4.78 is 0. The van der Waals surface area contributed by atoms with Crippen molar-refractivity contribution in [3.8, 4) is 11.1 Å². The zero-order valence-corrected chi connectivity index (χ0v) is 13.5. The number of benzene rings is 3. The van der Waals surface area contributed by atoms with E-state index >= 15 is 0 Å². The van der Waals surface area contributed by atoms with Gasteiger partial charge in [-0.2, -0.15) is 0 Å². The van der Waals surface area contributed by atoms with Crippen molar-refractivity contribution in [1.29, 1.82) is 0 Å². The Morgan fingerprint density at radius 3 is 1.92 bits per heavy atom. The maximum absolute atomic E-state index is 12.9. The molecule has 0 heterocycles. The van der Waals surface area contributed by atoms with Gasteiger partial charge in [0.2, 0.25) is 0 Å². The highest BCUT2D eigenvalue weighted by Gasteiger charge is 2.31. The molecule has 1 aliphatic carbocycles. The Bertz CT molecular complexity index is 1020. The van der Waals surface area contributed by atoms with Crippen LogP contribution in [0.15, 0.2) is 60.7 Å². The summed E-state index contributed by atoms with van der Waals surface area (Å²) in [6.07, 6.45) is 0. The van der Waals surface area contributed by atoms with Crippen LogP contribution in [0.4, 0.5) is 5.69 Å². The Hall–Kier alpha value is -3.24. The number of carbonyl (C=O) groups excluding carboxylic acids is 2. The summed E-state index contributed by atoms with van der Waals surface area (Å²) in [6.45, 7) is 0.462. The predicted molar refractivity (Wildman–Crippen MR) is 97.5 cm³/mol. The van der Waals surface area contributed by atoms with E-state index in [1.54, 1.807) is 36.4 Å². The Balaban J connectivity index is 1.90. The minimum absolute atomic E-state index is 0.165. The van der Waals surface area contributed by atoms with Gasteiger partial charge in [-0.25, -0.2) is 0 Å². The molecule has 0 spiro atoms. The second kappa shape index (κ2) is 5.69. The van der Waals surface area contributed by atoms with Crippen molar-refractivity contribution < 1.29 is 9.59 Å². The number of anilines is 1. The maximum atomic E-state index is 12.9. The largest absolute Gasteiger partial charge is 0.398 e. The lowest BCUT2D eigenvalue weighted by Crippen LogP contribution is -2.22. The van der Waals surface area contributed by atoms with E-state index < -0.39 is 0 Å². The molecule has 4 N–H and O–H groups in total. The van der Waals surface area contributed by atoms with Gasteiger partial charge in [-0.1, -0.05) is 54.6 Å². The molecule has 3 aromatic carbocycles. The SMILES string of the molecule is NCc1ccc(-c2ccc3c(c2N)C(=O)c2ccccc2C3=O)cc1. The first-order valence-electron chi connectivity index (χ1n) is 8.02. The number of nitrogen functional groups attached to an aromatic ring is 1. The lowest BCUT2D eigenvalue weighted by atomic mass is 9.81. The summed E-state index contributed by atoms with van der Waals surface area (Å²) in [5, 5.41) is 0. The van der Waals surface area contributed by atoms with E-state index in [4.69, 9.17) is 11.5 Å². The zero-order chi connectivity index (χ0) is 17.6. The van der Waals surface area contributed by atoms with E-state index in [0.717, 1.165) is 16.7 Å². The fourth-order valence-electron chi connectivity index (χ4n) is 3.28. The molecule has 0 radical (unpaired) electrons. The van der Waals surface area contributed by atoms with Gasteiger partial charge in [-0.3, -0.25) is 9.59 Å². The second-order valence-corrected chi connectivity index (χ2v) is 6.05. The van der Waals surface area contributed by atoms with Gasteiger partial charge >= 0.3 is 0 Å². The molecule has 0 aromatic heterocycles. The molecule has 0 saturated carbocycles. The van der Waals surface area contributed by atoms with Crippen molar-refractivity contribution in [1.82, 2.24) is 0 Å². The fraction of sp³-hybridized carbons (Fsp3) is 0.0476. The number of fused-ring (bicyclic) bond motifs is 2. The third kappa shape index (κ3) is 2.27. The van der Waals surface area contributed by atoms with Crippen LogP contribution < -0.4 is 11.5 Å². The van der Waals surface area contributed by atoms with E-state index in [0.29, 0.717) is 34.5 Å². The van der Waals surface area contributed by atoms with Gasteiger partial charge in [0.25, 0.3) is 0 Å². The first-order chi connectivity index (χ1) is 12.1. The number of hydrogen-bond acceptors (Lipinski definition) is 4. The van der Waals surface area contributed by atoms with Crippen molar-refractivity contribution in [2.75, 3.05) is 5.73 Å². The first-order valence-corrected chi connectivity index (χ1v) is 8.02. The lowest BCUT2D eigenvalue weighted by molar-refractivity contribution is 0.0980. The molecule has 3 aromatic rings. The molecule has 4 nitrogen and oxygen atoms in total. The highest BCUT2D eigenvalue weighted by Crippen LogP contribution is 2.36. The van der Waals surface area contributed by atoms with Crippen LogP contribution in [0.2, 0.25) is 0 Å². The molecule has 122 valence electrons. The van der Waals surface area contributed by atoms with Gasteiger partial charge in [-0.05, 0) is 17.2 Å². The van der Waals surface area contributed by atoms with Gasteiger partial charge in [0.05, 0.1) is 11.3 Å². The summed E-state index contributed by atoms with van der Waals surface area (Å²) in [4.78, 5) is 25.6. The van der Waals surface area contributed by atoms with E-state index in [2.05, 4.69) is 0 Å². The standard InChI is InChI=1S/C21H16N2O2/c22-11-12-5-7-13(8-6-12)14-9-10-17-18(19(14)23)21(25)16-4-2-1-3-15(16)20(17)24/h1-10H,11,22-23H2. The number of rotatable bonds is 2. The lowest BCUT2D eigenvalue weighted by Gasteiger charge is -2.20. The summed E-state index contributed by atoms with van der Waals surface area (Å²) in [6, 6.07) is 18.0. The quantitative estimate of drug-likeness (QED) is 0.553. The zero-order valence-electron chi connectivity index (χ0n) is 13.5. The van der Waals surface area contributed by atoms with Gasteiger partial charge in [-0.15, -0.1) is 0 Å². The molecule has 0 fully saturated rings. The fourth-order valence-corrected chi connectivity index (χ4v) is 3.28. The molecule has 0 aliphatic heterocycles. The molecule has 0 bridgehead atoms. The van der Waals surface area contributed by atoms with E-state index in [-0.39, 0.29) is 11.6 Å². The average molecular weight is 328 g/mol. The number of ketones is 2. The van der Waals surface area contributed by atoms with E-state index in [1.165, 1.54) is 0 Å². The minimum Gasteiger partial charge on any atom is -0.398 e.